The number of anilines is 2. The van der Waals surface area contributed by atoms with E-state index < -0.39 is 31.1 Å². The topological polar surface area (TPSA) is 170 Å². The van der Waals surface area contributed by atoms with Gasteiger partial charge in [0.15, 0.2) is 23.2 Å². The largest absolute Gasteiger partial charge is 0.493 e. The minimum atomic E-state index is -1.34. The molecule has 0 bridgehead atoms. The molecular formula is C33H36N6O6. The summed E-state index contributed by atoms with van der Waals surface area (Å²) in [5.41, 5.74) is 10.8. The smallest absolute Gasteiger partial charge is 0.207 e. The van der Waals surface area contributed by atoms with Crippen molar-refractivity contribution in [3.8, 4) is 16.9 Å². The summed E-state index contributed by atoms with van der Waals surface area (Å²) < 4.78 is 19.4. The Morgan fingerprint density at radius 1 is 0.911 bits per heavy atom. The Balaban J connectivity index is 1.19. The Hall–Kier alpha value is -4.59. The van der Waals surface area contributed by atoms with E-state index in [0.717, 1.165) is 34.4 Å². The van der Waals surface area contributed by atoms with E-state index in [1.807, 2.05) is 78.9 Å². The number of ether oxygens (including phenoxy) is 3. The molecule has 0 spiro atoms. The maximum Gasteiger partial charge on any atom is 0.207 e. The Kier molecular flexibility index (Phi) is 9.48. The third-order valence-electron chi connectivity index (χ3n) is 7.66. The van der Waals surface area contributed by atoms with Gasteiger partial charge in [0, 0.05) is 18.5 Å². The van der Waals surface area contributed by atoms with Crippen molar-refractivity contribution >= 4 is 22.9 Å². The molecule has 6 rings (SSSR count). The lowest BCUT2D eigenvalue weighted by atomic mass is 10.0. The maximum atomic E-state index is 10.8. The minimum Gasteiger partial charge on any atom is -0.493 e. The van der Waals surface area contributed by atoms with Crippen LogP contribution in [0.2, 0.25) is 0 Å². The summed E-state index contributed by atoms with van der Waals surface area (Å²) in [4.78, 5) is 12.9. The van der Waals surface area contributed by atoms with E-state index in [4.69, 9.17) is 19.9 Å². The second-order valence-electron chi connectivity index (χ2n) is 10.8. The molecule has 1 aliphatic rings. The van der Waals surface area contributed by atoms with E-state index in [0.29, 0.717) is 43.5 Å². The van der Waals surface area contributed by atoms with Crippen molar-refractivity contribution in [3.05, 3.63) is 96.3 Å². The summed E-state index contributed by atoms with van der Waals surface area (Å²) in [7, 11) is 0. The molecule has 1 saturated heterocycles. The van der Waals surface area contributed by atoms with Crippen LogP contribution in [0, 0.1) is 0 Å². The number of rotatable bonds is 13. The molecule has 1 aliphatic heterocycles. The zero-order valence-electron chi connectivity index (χ0n) is 24.6. The number of aliphatic hydroxyl groups excluding tert-OH is 3. The number of benzene rings is 3. The average molecular weight is 613 g/mol. The van der Waals surface area contributed by atoms with Gasteiger partial charge in [-0.2, -0.15) is 0 Å². The first kappa shape index (κ1) is 30.4. The first-order valence-electron chi connectivity index (χ1n) is 14.8. The van der Waals surface area contributed by atoms with Crippen LogP contribution in [0.25, 0.3) is 22.3 Å². The summed E-state index contributed by atoms with van der Waals surface area (Å²) >= 11 is 0. The molecule has 6 N–H and O–H groups in total. The summed E-state index contributed by atoms with van der Waals surface area (Å²) in [6, 6.07) is 26.1. The zero-order valence-corrected chi connectivity index (χ0v) is 24.6. The number of aliphatic hydroxyl groups is 3. The fourth-order valence-corrected chi connectivity index (χ4v) is 5.33. The summed E-state index contributed by atoms with van der Waals surface area (Å²) in [5, 5.41) is 34.1. The molecule has 0 aliphatic carbocycles. The van der Waals surface area contributed by atoms with Crippen LogP contribution >= 0.6 is 0 Å². The van der Waals surface area contributed by atoms with Crippen LogP contribution in [0.3, 0.4) is 0 Å². The molecule has 12 heteroatoms. The molecule has 1 fully saturated rings. The fourth-order valence-electron chi connectivity index (χ4n) is 5.33. The molecule has 4 atom stereocenters. The highest BCUT2D eigenvalue weighted by atomic mass is 16.6. The maximum absolute atomic E-state index is 10.8. The highest BCUT2D eigenvalue weighted by Gasteiger charge is 2.45. The van der Waals surface area contributed by atoms with Gasteiger partial charge in [0.25, 0.3) is 0 Å². The zero-order chi connectivity index (χ0) is 31.2. The van der Waals surface area contributed by atoms with Crippen molar-refractivity contribution in [2.45, 2.75) is 44.1 Å². The first-order chi connectivity index (χ1) is 22.0. The Morgan fingerprint density at radius 2 is 1.69 bits per heavy atom. The Labute approximate surface area is 260 Å². The van der Waals surface area contributed by atoms with Gasteiger partial charge in [0.1, 0.15) is 30.4 Å². The lowest BCUT2D eigenvalue weighted by molar-refractivity contribution is -0.0501. The SMILES string of the molecule is Nc1ncnc2c1nc(NCc1ccc(-c3ccccc3)c(OCCCOCc3ccccc3)c1)n2[C@@H]1O[C@H](CO)[C@@H](O)[C@H]1O. The van der Waals surface area contributed by atoms with Gasteiger partial charge in [-0.25, -0.2) is 15.0 Å². The predicted octanol–water partition coefficient (Wildman–Crippen LogP) is 3.28. The Morgan fingerprint density at radius 3 is 2.44 bits per heavy atom. The van der Waals surface area contributed by atoms with Gasteiger partial charge in [0.05, 0.1) is 26.4 Å². The second-order valence-corrected chi connectivity index (χ2v) is 10.8. The van der Waals surface area contributed by atoms with Gasteiger partial charge >= 0.3 is 0 Å². The van der Waals surface area contributed by atoms with E-state index in [2.05, 4.69) is 20.3 Å². The molecule has 0 amide bonds. The van der Waals surface area contributed by atoms with Gasteiger partial charge in [-0.1, -0.05) is 72.8 Å². The first-order valence-corrected chi connectivity index (χ1v) is 14.8. The predicted molar refractivity (Wildman–Crippen MR) is 168 cm³/mol. The fraction of sp³-hybridized carbons (Fsp3) is 0.303. The van der Waals surface area contributed by atoms with Gasteiger partial charge < -0.3 is 40.6 Å². The van der Waals surface area contributed by atoms with Crippen molar-refractivity contribution in [2.24, 2.45) is 0 Å². The average Bonchev–Trinajstić information content (AvgIpc) is 3.59. The summed E-state index contributed by atoms with van der Waals surface area (Å²) in [5.74, 6) is 1.19. The van der Waals surface area contributed by atoms with Crippen LogP contribution in [-0.2, 0) is 22.6 Å². The molecule has 5 aromatic rings. The third kappa shape index (κ3) is 6.75. The number of aromatic nitrogens is 4. The van der Waals surface area contributed by atoms with Gasteiger partial charge in [-0.05, 0) is 22.8 Å². The van der Waals surface area contributed by atoms with E-state index >= 15 is 0 Å². The van der Waals surface area contributed by atoms with E-state index in [1.54, 1.807) is 0 Å². The number of nitrogens with zero attached hydrogens (tertiary/aromatic N) is 4. The van der Waals surface area contributed by atoms with E-state index in [9.17, 15) is 15.3 Å². The molecule has 0 unspecified atom stereocenters. The normalized spacial score (nSPS) is 19.6. The molecule has 0 radical (unpaired) electrons. The lowest BCUT2D eigenvalue weighted by Crippen LogP contribution is -2.33. The van der Waals surface area contributed by atoms with Crippen LogP contribution in [-0.4, -0.2) is 73.0 Å². The molecular weight excluding hydrogens is 576 g/mol. The van der Waals surface area contributed by atoms with Crippen LogP contribution < -0.4 is 15.8 Å². The van der Waals surface area contributed by atoms with Gasteiger partial charge in [0.2, 0.25) is 5.95 Å². The molecule has 2 aromatic heterocycles. The molecule has 0 saturated carbocycles. The van der Waals surface area contributed by atoms with Gasteiger partial charge in [-0.3, -0.25) is 4.57 Å². The highest BCUT2D eigenvalue weighted by molar-refractivity contribution is 5.84. The third-order valence-corrected chi connectivity index (χ3v) is 7.66. The van der Waals surface area contributed by atoms with E-state index in [-0.39, 0.29) is 5.82 Å². The monoisotopic (exact) mass is 612 g/mol. The van der Waals surface area contributed by atoms with Crippen LogP contribution in [0.15, 0.2) is 85.2 Å². The molecule has 234 valence electrons. The molecule has 12 nitrogen and oxygen atoms in total. The molecule has 45 heavy (non-hydrogen) atoms. The number of nitrogen functional groups attached to an aromatic ring is 1. The van der Waals surface area contributed by atoms with Crippen molar-refractivity contribution in [2.75, 3.05) is 30.9 Å². The number of imidazole rings is 1. The Bertz CT molecular complexity index is 1700. The number of nitrogens with two attached hydrogens (primary N) is 1. The van der Waals surface area contributed by atoms with Crippen LogP contribution in [0.1, 0.15) is 23.8 Å². The summed E-state index contributed by atoms with van der Waals surface area (Å²) in [6.45, 7) is 1.47. The van der Waals surface area contributed by atoms with Gasteiger partial charge in [-0.15, -0.1) is 0 Å². The van der Waals surface area contributed by atoms with Crippen LogP contribution in [0.5, 0.6) is 5.75 Å². The number of hydrogen-bond donors (Lipinski definition) is 5. The number of fused-ring (bicyclic) bond motifs is 1. The van der Waals surface area contributed by atoms with Crippen molar-refractivity contribution in [3.63, 3.8) is 0 Å². The summed E-state index contributed by atoms with van der Waals surface area (Å²) in [6.07, 6.45) is -2.65. The van der Waals surface area contributed by atoms with Crippen molar-refractivity contribution in [1.29, 1.82) is 0 Å². The minimum absolute atomic E-state index is 0.157. The second kappa shape index (κ2) is 14.0. The molecule has 3 aromatic carbocycles. The van der Waals surface area contributed by atoms with E-state index in [1.165, 1.54) is 10.9 Å². The number of nitrogens with one attached hydrogen (secondary N) is 1. The standard InChI is InChI=1S/C33H36N6O6/c34-30-27-31(37-20-36-30)39(32-29(42)28(41)26(18-40)45-32)33(38-27)35-17-22-12-13-24(23-10-5-2-6-11-23)25(16-22)44-15-7-14-43-19-21-8-3-1-4-9-21/h1-6,8-13,16,20,26,28-29,32,40-42H,7,14-15,17-19H2,(H,35,38)(H2,34,36,37)/t26-,28-,29-,32-/m1/s1. The number of hydrogen-bond acceptors (Lipinski definition) is 11. The van der Waals surface area contributed by atoms with Crippen molar-refractivity contribution < 1.29 is 29.5 Å². The highest BCUT2D eigenvalue weighted by Crippen LogP contribution is 2.36. The lowest BCUT2D eigenvalue weighted by Gasteiger charge is -2.20. The quantitative estimate of drug-likeness (QED) is 0.124. The van der Waals surface area contributed by atoms with Crippen LogP contribution in [0.4, 0.5) is 11.8 Å². The molecule has 3 heterocycles. The van der Waals surface area contributed by atoms with Crippen molar-refractivity contribution in [1.82, 2.24) is 19.5 Å².